The number of aryl methyl sites for hydroxylation is 1. The molecular weight excluding hydrogens is 364 g/mol. The lowest BCUT2D eigenvalue weighted by Gasteiger charge is -2.08. The summed E-state index contributed by atoms with van der Waals surface area (Å²) in [5, 5.41) is 5.54. The number of rotatable bonds is 10. The van der Waals surface area contributed by atoms with E-state index in [1.807, 2.05) is 31.2 Å². The van der Waals surface area contributed by atoms with Gasteiger partial charge in [-0.3, -0.25) is 9.59 Å². The van der Waals surface area contributed by atoms with Crippen molar-refractivity contribution >= 4 is 29.3 Å². The van der Waals surface area contributed by atoms with Gasteiger partial charge < -0.3 is 20.1 Å². The molecule has 0 aliphatic rings. The monoisotopic (exact) mass is 388 g/mol. The Hall–Kier alpha value is -2.67. The van der Waals surface area contributed by atoms with Gasteiger partial charge in [0, 0.05) is 5.69 Å². The maximum atomic E-state index is 11.9. The highest BCUT2D eigenvalue weighted by molar-refractivity contribution is 8.00. The van der Waals surface area contributed by atoms with E-state index in [4.69, 9.17) is 9.47 Å². The highest BCUT2D eigenvalue weighted by Gasteiger charge is 2.06. The van der Waals surface area contributed by atoms with Crippen LogP contribution in [0.5, 0.6) is 11.5 Å². The van der Waals surface area contributed by atoms with Gasteiger partial charge in [0.1, 0.15) is 18.1 Å². The summed E-state index contributed by atoms with van der Waals surface area (Å²) in [6.45, 7) is 2.83. The van der Waals surface area contributed by atoms with Crippen LogP contribution in [-0.4, -0.2) is 43.6 Å². The number of amides is 2. The Bertz CT molecular complexity index is 733. The molecule has 0 spiro atoms. The summed E-state index contributed by atoms with van der Waals surface area (Å²) in [4.78, 5) is 23.7. The van der Waals surface area contributed by atoms with Crippen LogP contribution >= 0.6 is 11.8 Å². The number of hydrogen-bond donors (Lipinski definition) is 2. The molecule has 0 aromatic heterocycles. The molecule has 2 rings (SSSR count). The molecule has 0 radical (unpaired) electrons. The molecule has 0 fully saturated rings. The molecule has 144 valence electrons. The zero-order valence-electron chi connectivity index (χ0n) is 15.5. The van der Waals surface area contributed by atoms with E-state index >= 15 is 0 Å². The number of methoxy groups -OCH3 is 1. The number of nitrogens with one attached hydrogen (secondary N) is 2. The number of thioether (sulfide) groups is 1. The maximum absolute atomic E-state index is 11.9. The first-order valence-corrected chi connectivity index (χ1v) is 9.70. The molecule has 0 saturated heterocycles. The largest absolute Gasteiger partial charge is 0.497 e. The van der Waals surface area contributed by atoms with Crippen molar-refractivity contribution in [3.05, 3.63) is 54.1 Å². The minimum absolute atomic E-state index is 0.121. The molecule has 0 heterocycles. The number of hydrogen-bond acceptors (Lipinski definition) is 5. The fraction of sp³-hybridized carbons (Fsp3) is 0.300. The topological polar surface area (TPSA) is 76.7 Å². The van der Waals surface area contributed by atoms with E-state index in [2.05, 4.69) is 10.6 Å². The fourth-order valence-electron chi connectivity index (χ4n) is 2.15. The number of benzene rings is 2. The van der Waals surface area contributed by atoms with E-state index in [-0.39, 0.29) is 23.3 Å². The van der Waals surface area contributed by atoms with Crippen LogP contribution in [-0.2, 0) is 9.59 Å². The third-order valence-electron chi connectivity index (χ3n) is 3.55. The van der Waals surface area contributed by atoms with Crippen molar-refractivity contribution in [3.63, 3.8) is 0 Å². The van der Waals surface area contributed by atoms with Crippen LogP contribution < -0.4 is 20.1 Å². The van der Waals surface area contributed by atoms with Crippen molar-refractivity contribution < 1.29 is 19.1 Å². The van der Waals surface area contributed by atoms with Gasteiger partial charge in [0.25, 0.3) is 0 Å². The zero-order chi connectivity index (χ0) is 19.5. The standard InChI is InChI=1S/C20H24N2O4S/c1-15-3-7-18(8-4-15)26-12-11-21-19(23)13-27-14-20(24)22-16-5-9-17(25-2)10-6-16/h3-10H,11-14H2,1-2H3,(H,21,23)(H,22,24). The lowest BCUT2D eigenvalue weighted by atomic mass is 10.2. The van der Waals surface area contributed by atoms with E-state index in [1.54, 1.807) is 31.4 Å². The third-order valence-corrected chi connectivity index (χ3v) is 4.49. The molecule has 7 heteroatoms. The molecule has 2 amide bonds. The second-order valence-corrected chi connectivity index (χ2v) is 6.77. The molecule has 0 aliphatic carbocycles. The van der Waals surface area contributed by atoms with Crippen LogP contribution in [0.2, 0.25) is 0 Å². The summed E-state index contributed by atoms with van der Waals surface area (Å²) in [6.07, 6.45) is 0. The van der Waals surface area contributed by atoms with Crippen molar-refractivity contribution in [2.75, 3.05) is 37.1 Å². The molecule has 0 bridgehead atoms. The molecule has 0 saturated carbocycles. The lowest BCUT2D eigenvalue weighted by Crippen LogP contribution is -2.30. The molecule has 2 aromatic rings. The summed E-state index contributed by atoms with van der Waals surface area (Å²) < 4.78 is 10.6. The van der Waals surface area contributed by atoms with E-state index in [0.29, 0.717) is 18.8 Å². The maximum Gasteiger partial charge on any atom is 0.234 e. The Morgan fingerprint density at radius 2 is 1.56 bits per heavy atom. The van der Waals surface area contributed by atoms with Crippen LogP contribution in [0.4, 0.5) is 5.69 Å². The van der Waals surface area contributed by atoms with Gasteiger partial charge in [-0.15, -0.1) is 11.8 Å². The van der Waals surface area contributed by atoms with E-state index in [9.17, 15) is 9.59 Å². The van der Waals surface area contributed by atoms with E-state index in [1.165, 1.54) is 17.3 Å². The van der Waals surface area contributed by atoms with Crippen molar-refractivity contribution in [2.45, 2.75) is 6.92 Å². The average Bonchev–Trinajstić information content (AvgIpc) is 2.67. The van der Waals surface area contributed by atoms with Crippen molar-refractivity contribution in [2.24, 2.45) is 0 Å². The first kappa shape index (κ1) is 20.6. The summed E-state index contributed by atoms with van der Waals surface area (Å²) in [6, 6.07) is 14.8. The van der Waals surface area contributed by atoms with Gasteiger partial charge in [-0.2, -0.15) is 0 Å². The predicted octanol–water partition coefficient (Wildman–Crippen LogP) is 2.87. The third kappa shape index (κ3) is 8.04. The van der Waals surface area contributed by atoms with Gasteiger partial charge in [-0.05, 0) is 43.3 Å². The van der Waals surface area contributed by atoms with E-state index in [0.717, 1.165) is 11.5 Å². The molecule has 27 heavy (non-hydrogen) atoms. The first-order valence-electron chi connectivity index (χ1n) is 8.54. The summed E-state index contributed by atoms with van der Waals surface area (Å²) >= 11 is 1.26. The molecule has 0 unspecified atom stereocenters. The Kier molecular flexibility index (Phi) is 8.51. The number of ether oxygens (including phenoxy) is 2. The Morgan fingerprint density at radius 3 is 2.22 bits per heavy atom. The summed E-state index contributed by atoms with van der Waals surface area (Å²) in [5.41, 5.74) is 1.86. The smallest absolute Gasteiger partial charge is 0.234 e. The number of carbonyl (C=O) groups excluding carboxylic acids is 2. The average molecular weight is 388 g/mol. The zero-order valence-corrected chi connectivity index (χ0v) is 16.3. The quantitative estimate of drug-likeness (QED) is 0.612. The van der Waals surface area contributed by atoms with Crippen LogP contribution in [0.15, 0.2) is 48.5 Å². The molecule has 6 nitrogen and oxygen atoms in total. The van der Waals surface area contributed by atoms with Gasteiger partial charge in [-0.1, -0.05) is 17.7 Å². The molecule has 0 atom stereocenters. The first-order chi connectivity index (χ1) is 13.1. The Balaban J connectivity index is 1.55. The normalized spacial score (nSPS) is 10.1. The number of anilines is 1. The van der Waals surface area contributed by atoms with E-state index < -0.39 is 0 Å². The van der Waals surface area contributed by atoms with Crippen molar-refractivity contribution in [1.29, 1.82) is 0 Å². The highest BCUT2D eigenvalue weighted by Crippen LogP contribution is 2.15. The number of carbonyl (C=O) groups is 2. The van der Waals surface area contributed by atoms with Crippen LogP contribution in [0.3, 0.4) is 0 Å². The Labute approximate surface area is 163 Å². The Morgan fingerprint density at radius 1 is 0.926 bits per heavy atom. The highest BCUT2D eigenvalue weighted by atomic mass is 32.2. The van der Waals surface area contributed by atoms with Crippen LogP contribution in [0, 0.1) is 6.92 Å². The molecule has 2 aromatic carbocycles. The summed E-state index contributed by atoms with van der Waals surface area (Å²) in [7, 11) is 1.59. The lowest BCUT2D eigenvalue weighted by molar-refractivity contribution is -0.118. The second-order valence-electron chi connectivity index (χ2n) is 5.78. The molecule has 2 N–H and O–H groups in total. The van der Waals surface area contributed by atoms with Gasteiger partial charge in [0.15, 0.2) is 0 Å². The second kappa shape index (κ2) is 11.1. The SMILES string of the molecule is COc1ccc(NC(=O)CSCC(=O)NCCOc2ccc(C)cc2)cc1. The van der Waals surface area contributed by atoms with Gasteiger partial charge in [0.05, 0.1) is 25.2 Å². The van der Waals surface area contributed by atoms with Gasteiger partial charge >= 0.3 is 0 Å². The predicted molar refractivity (Wildman–Crippen MR) is 109 cm³/mol. The van der Waals surface area contributed by atoms with Crippen molar-refractivity contribution in [1.82, 2.24) is 5.32 Å². The van der Waals surface area contributed by atoms with Crippen molar-refractivity contribution in [3.8, 4) is 11.5 Å². The van der Waals surface area contributed by atoms with Gasteiger partial charge in [0.2, 0.25) is 11.8 Å². The minimum Gasteiger partial charge on any atom is -0.497 e. The molecule has 0 aliphatic heterocycles. The minimum atomic E-state index is -0.152. The fourth-order valence-corrected chi connectivity index (χ4v) is 2.80. The molecular formula is C20H24N2O4S. The summed E-state index contributed by atoms with van der Waals surface area (Å²) in [5.74, 6) is 1.66. The van der Waals surface area contributed by atoms with Crippen LogP contribution in [0.1, 0.15) is 5.56 Å². The van der Waals surface area contributed by atoms with Gasteiger partial charge in [-0.25, -0.2) is 0 Å². The van der Waals surface area contributed by atoms with Crippen LogP contribution in [0.25, 0.3) is 0 Å².